The molecule has 1 rings (SSSR count). The van der Waals surface area contributed by atoms with Gasteiger partial charge in [0.15, 0.2) is 0 Å². The largest absolute Gasteiger partial charge is 0.497 e. The second kappa shape index (κ2) is 6.27. The molecule has 17 heavy (non-hydrogen) atoms. The van der Waals surface area contributed by atoms with Crippen LogP contribution in [0.25, 0.3) is 0 Å². The molecule has 0 aliphatic heterocycles. The average molecular weight is 232 g/mol. The molecule has 0 aromatic heterocycles. The highest BCUT2D eigenvalue weighted by Crippen LogP contribution is 2.17. The number of nitriles is 1. The van der Waals surface area contributed by atoms with E-state index in [4.69, 9.17) is 10.00 Å². The van der Waals surface area contributed by atoms with Gasteiger partial charge in [0, 0.05) is 6.54 Å². The van der Waals surface area contributed by atoms with Gasteiger partial charge in [-0.25, -0.2) is 0 Å². The fourth-order valence-corrected chi connectivity index (χ4v) is 1.47. The van der Waals surface area contributed by atoms with Crippen molar-refractivity contribution in [1.29, 1.82) is 5.26 Å². The Bertz CT molecular complexity index is 393. The fraction of sp³-hybridized carbons (Fsp3) is 0.500. The van der Waals surface area contributed by atoms with Crippen molar-refractivity contribution >= 4 is 0 Å². The van der Waals surface area contributed by atoms with Crippen LogP contribution in [0.2, 0.25) is 0 Å². The maximum Gasteiger partial charge on any atom is 0.119 e. The smallest absolute Gasteiger partial charge is 0.119 e. The Kier molecular flexibility index (Phi) is 4.99. The molecule has 3 heteroatoms. The fourth-order valence-electron chi connectivity index (χ4n) is 1.47. The zero-order chi connectivity index (χ0) is 12.7. The van der Waals surface area contributed by atoms with Crippen LogP contribution in [-0.4, -0.2) is 13.7 Å². The van der Waals surface area contributed by atoms with Crippen molar-refractivity contribution in [2.24, 2.45) is 5.41 Å². The van der Waals surface area contributed by atoms with E-state index in [9.17, 15) is 0 Å². The lowest BCUT2D eigenvalue weighted by molar-refractivity contribution is 0.413. The van der Waals surface area contributed by atoms with Crippen molar-refractivity contribution in [3.05, 3.63) is 29.8 Å². The molecule has 1 N–H and O–H groups in total. The minimum absolute atomic E-state index is 0.249. The van der Waals surface area contributed by atoms with Gasteiger partial charge >= 0.3 is 0 Å². The first-order valence-corrected chi connectivity index (χ1v) is 5.82. The van der Waals surface area contributed by atoms with Gasteiger partial charge in [-0.05, 0) is 44.5 Å². The van der Waals surface area contributed by atoms with Crippen LogP contribution in [0, 0.1) is 16.7 Å². The van der Waals surface area contributed by atoms with Gasteiger partial charge in [-0.3, -0.25) is 0 Å². The molecule has 0 atom stereocenters. The van der Waals surface area contributed by atoms with Gasteiger partial charge < -0.3 is 10.1 Å². The molecule has 1 aromatic rings. The lowest BCUT2D eigenvalue weighted by atomic mass is 9.91. The number of nitrogens with zero attached hydrogens (tertiary/aromatic N) is 1. The topological polar surface area (TPSA) is 45.0 Å². The SMILES string of the molecule is COc1cccc(CNCCC(C)(C)C#N)c1. The number of nitrogens with one attached hydrogen (secondary N) is 1. The minimum atomic E-state index is -0.249. The zero-order valence-electron chi connectivity index (χ0n) is 10.8. The third-order valence-corrected chi connectivity index (χ3v) is 2.69. The van der Waals surface area contributed by atoms with Crippen LogP contribution in [0.5, 0.6) is 5.75 Å². The van der Waals surface area contributed by atoms with Crippen molar-refractivity contribution in [1.82, 2.24) is 5.32 Å². The summed E-state index contributed by atoms with van der Waals surface area (Å²) in [6.07, 6.45) is 0.855. The van der Waals surface area contributed by atoms with Crippen LogP contribution >= 0.6 is 0 Å². The molecule has 0 aliphatic rings. The molecule has 0 saturated carbocycles. The van der Waals surface area contributed by atoms with Gasteiger partial charge in [-0.15, -0.1) is 0 Å². The molecule has 92 valence electrons. The molecule has 0 radical (unpaired) electrons. The van der Waals surface area contributed by atoms with Gasteiger partial charge in [-0.1, -0.05) is 12.1 Å². The second-order valence-corrected chi connectivity index (χ2v) is 4.77. The Hall–Kier alpha value is -1.53. The van der Waals surface area contributed by atoms with E-state index in [2.05, 4.69) is 17.5 Å². The molecule has 0 fully saturated rings. The maximum absolute atomic E-state index is 8.88. The van der Waals surface area contributed by atoms with E-state index in [0.717, 1.165) is 25.3 Å². The molecule has 3 nitrogen and oxygen atoms in total. The van der Waals surface area contributed by atoms with Crippen molar-refractivity contribution in [2.75, 3.05) is 13.7 Å². The summed E-state index contributed by atoms with van der Waals surface area (Å²) in [5.41, 5.74) is 0.945. The van der Waals surface area contributed by atoms with E-state index in [1.165, 1.54) is 5.56 Å². The van der Waals surface area contributed by atoms with Gasteiger partial charge in [0.05, 0.1) is 18.6 Å². The second-order valence-electron chi connectivity index (χ2n) is 4.77. The Morgan fingerprint density at radius 3 is 2.82 bits per heavy atom. The zero-order valence-corrected chi connectivity index (χ0v) is 10.8. The molecular formula is C14H20N2O. The summed E-state index contributed by atoms with van der Waals surface area (Å²) in [7, 11) is 1.67. The third kappa shape index (κ3) is 4.88. The van der Waals surface area contributed by atoms with Crippen molar-refractivity contribution in [3.8, 4) is 11.8 Å². The summed E-state index contributed by atoms with van der Waals surface area (Å²) in [5.74, 6) is 0.877. The highest BCUT2D eigenvalue weighted by atomic mass is 16.5. The van der Waals surface area contributed by atoms with E-state index >= 15 is 0 Å². The first-order chi connectivity index (χ1) is 8.07. The van der Waals surface area contributed by atoms with Crippen LogP contribution in [0.3, 0.4) is 0 Å². The van der Waals surface area contributed by atoms with Crippen molar-refractivity contribution in [2.45, 2.75) is 26.8 Å². The van der Waals surface area contributed by atoms with Crippen LogP contribution < -0.4 is 10.1 Å². The van der Waals surface area contributed by atoms with Crippen LogP contribution in [0.4, 0.5) is 0 Å². The van der Waals surface area contributed by atoms with E-state index in [-0.39, 0.29) is 5.41 Å². The monoisotopic (exact) mass is 232 g/mol. The Balaban J connectivity index is 2.34. The standard InChI is InChI=1S/C14H20N2O/c1-14(2,11-15)7-8-16-10-12-5-4-6-13(9-12)17-3/h4-6,9,16H,7-8,10H2,1-3H3. The average Bonchev–Trinajstić information content (AvgIpc) is 2.35. The van der Waals surface area contributed by atoms with Gasteiger partial charge in [0.2, 0.25) is 0 Å². The lowest BCUT2D eigenvalue weighted by Crippen LogP contribution is -2.21. The molecular weight excluding hydrogens is 212 g/mol. The highest BCUT2D eigenvalue weighted by molar-refractivity contribution is 5.28. The third-order valence-electron chi connectivity index (χ3n) is 2.69. The number of rotatable bonds is 6. The van der Waals surface area contributed by atoms with Gasteiger partial charge in [0.1, 0.15) is 5.75 Å². The predicted molar refractivity (Wildman–Crippen MR) is 68.7 cm³/mol. The molecule has 0 unspecified atom stereocenters. The summed E-state index contributed by atoms with van der Waals surface area (Å²) in [5, 5.41) is 12.2. The van der Waals surface area contributed by atoms with Crippen LogP contribution in [0.15, 0.2) is 24.3 Å². The quantitative estimate of drug-likeness (QED) is 0.767. The molecule has 1 aromatic carbocycles. The first-order valence-electron chi connectivity index (χ1n) is 5.82. The lowest BCUT2D eigenvalue weighted by Gasteiger charge is -2.15. The molecule has 0 amide bonds. The van der Waals surface area contributed by atoms with Crippen molar-refractivity contribution in [3.63, 3.8) is 0 Å². The molecule has 0 aliphatic carbocycles. The predicted octanol–water partition coefficient (Wildman–Crippen LogP) is 2.72. The summed E-state index contributed by atoms with van der Waals surface area (Å²) < 4.78 is 5.16. The number of benzene rings is 1. The van der Waals surface area contributed by atoms with Crippen LogP contribution in [0.1, 0.15) is 25.8 Å². The highest BCUT2D eigenvalue weighted by Gasteiger charge is 2.15. The van der Waals surface area contributed by atoms with Gasteiger partial charge in [0.25, 0.3) is 0 Å². The van der Waals surface area contributed by atoms with E-state index in [1.807, 2.05) is 32.0 Å². The molecule has 0 bridgehead atoms. The number of methoxy groups -OCH3 is 1. The van der Waals surface area contributed by atoms with E-state index in [1.54, 1.807) is 7.11 Å². The normalized spacial score (nSPS) is 10.9. The molecule has 0 heterocycles. The number of hydrogen-bond acceptors (Lipinski definition) is 3. The summed E-state index contributed by atoms with van der Waals surface area (Å²) >= 11 is 0. The maximum atomic E-state index is 8.88. The van der Waals surface area contributed by atoms with Crippen molar-refractivity contribution < 1.29 is 4.74 Å². The molecule has 0 spiro atoms. The van der Waals surface area contributed by atoms with E-state index < -0.39 is 0 Å². The minimum Gasteiger partial charge on any atom is -0.497 e. The Morgan fingerprint density at radius 2 is 2.18 bits per heavy atom. The Labute approximate surface area is 103 Å². The first kappa shape index (κ1) is 13.5. The number of hydrogen-bond donors (Lipinski definition) is 1. The van der Waals surface area contributed by atoms with E-state index in [0.29, 0.717) is 0 Å². The number of ether oxygens (including phenoxy) is 1. The summed E-state index contributed by atoms with van der Waals surface area (Å²) in [4.78, 5) is 0. The molecule has 0 saturated heterocycles. The van der Waals surface area contributed by atoms with Crippen LogP contribution in [-0.2, 0) is 6.54 Å². The summed E-state index contributed by atoms with van der Waals surface area (Å²) in [6, 6.07) is 10.3. The van der Waals surface area contributed by atoms with Gasteiger partial charge in [-0.2, -0.15) is 5.26 Å². The Morgan fingerprint density at radius 1 is 1.41 bits per heavy atom. The summed E-state index contributed by atoms with van der Waals surface area (Å²) in [6.45, 7) is 5.57.